The second-order valence-electron chi connectivity index (χ2n) is 3.73. The van der Waals surface area contributed by atoms with Gasteiger partial charge < -0.3 is 10.3 Å². The van der Waals surface area contributed by atoms with Crippen molar-refractivity contribution < 1.29 is 9.18 Å². The lowest BCUT2D eigenvalue weighted by Gasteiger charge is -2.05. The van der Waals surface area contributed by atoms with E-state index < -0.39 is 0 Å². The Morgan fingerprint density at radius 2 is 2.17 bits per heavy atom. The zero-order chi connectivity index (χ0) is 13.0. The van der Waals surface area contributed by atoms with Crippen LogP contribution in [-0.2, 0) is 6.54 Å². The minimum Gasteiger partial charge on any atom is -0.352 e. The van der Waals surface area contributed by atoms with Gasteiger partial charge in [-0.15, -0.1) is 0 Å². The molecule has 0 aliphatic carbocycles. The summed E-state index contributed by atoms with van der Waals surface area (Å²) in [5.41, 5.74) is 1.11. The van der Waals surface area contributed by atoms with E-state index in [1.54, 1.807) is 30.5 Å². The van der Waals surface area contributed by atoms with Gasteiger partial charge in [0.05, 0.1) is 5.56 Å². The summed E-state index contributed by atoms with van der Waals surface area (Å²) in [6.45, 7) is 0.264. The Morgan fingerprint density at radius 1 is 1.33 bits per heavy atom. The molecule has 5 heteroatoms. The Kier molecular flexibility index (Phi) is 3.84. The predicted molar refractivity (Wildman–Crippen MR) is 69.2 cm³/mol. The largest absolute Gasteiger partial charge is 0.352 e. The molecular formula is C13H11FN2OS. The third-order valence-corrected chi connectivity index (χ3v) is 2.74. The Balaban J connectivity index is 2.05. The first kappa shape index (κ1) is 12.4. The van der Waals surface area contributed by atoms with Crippen molar-refractivity contribution in [1.29, 1.82) is 0 Å². The molecule has 92 valence electrons. The molecule has 18 heavy (non-hydrogen) atoms. The van der Waals surface area contributed by atoms with Gasteiger partial charge in [0.25, 0.3) is 5.91 Å². The molecule has 0 spiro atoms. The molecule has 1 amide bonds. The number of pyridine rings is 1. The number of rotatable bonds is 3. The molecular weight excluding hydrogens is 251 g/mol. The molecule has 0 aliphatic rings. The maximum Gasteiger partial charge on any atom is 0.254 e. The molecule has 0 saturated heterocycles. The summed E-state index contributed by atoms with van der Waals surface area (Å²) in [7, 11) is 0. The summed E-state index contributed by atoms with van der Waals surface area (Å²) >= 11 is 5.00. The van der Waals surface area contributed by atoms with Crippen molar-refractivity contribution in [2.45, 2.75) is 6.54 Å². The number of nitrogens with one attached hydrogen (secondary N) is 2. The van der Waals surface area contributed by atoms with Crippen LogP contribution in [0.4, 0.5) is 4.39 Å². The number of hydrogen-bond acceptors (Lipinski definition) is 2. The lowest BCUT2D eigenvalue weighted by Crippen LogP contribution is -2.23. The monoisotopic (exact) mass is 262 g/mol. The van der Waals surface area contributed by atoms with E-state index in [0.717, 1.165) is 0 Å². The molecule has 2 aromatic rings. The van der Waals surface area contributed by atoms with Gasteiger partial charge in [0.2, 0.25) is 0 Å². The number of carbonyl (C=O) groups is 1. The summed E-state index contributed by atoms with van der Waals surface area (Å²) in [5, 5.41) is 2.69. The standard InChI is InChI=1S/C13H11FN2OS/c14-10-4-1-3-9(7-10)8-16-12(17)11-5-2-6-15-13(11)18/h1-7H,8H2,(H,15,18)(H,16,17). The normalized spacial score (nSPS) is 10.1. The third kappa shape index (κ3) is 3.01. The van der Waals surface area contributed by atoms with Crippen molar-refractivity contribution in [3.63, 3.8) is 0 Å². The molecule has 0 aliphatic heterocycles. The predicted octanol–water partition coefficient (Wildman–Crippen LogP) is 2.81. The van der Waals surface area contributed by atoms with Gasteiger partial charge in [-0.1, -0.05) is 24.4 Å². The summed E-state index contributed by atoms with van der Waals surface area (Å²) in [4.78, 5) is 14.6. The maximum absolute atomic E-state index is 12.9. The van der Waals surface area contributed by atoms with E-state index in [0.29, 0.717) is 15.8 Å². The van der Waals surface area contributed by atoms with Gasteiger partial charge >= 0.3 is 0 Å². The van der Waals surface area contributed by atoms with Crippen LogP contribution in [0.25, 0.3) is 0 Å². The van der Waals surface area contributed by atoms with Crippen LogP contribution in [0.5, 0.6) is 0 Å². The zero-order valence-electron chi connectivity index (χ0n) is 9.44. The molecule has 0 unspecified atom stereocenters. The SMILES string of the molecule is O=C(NCc1cccc(F)c1)c1ccc[nH]c1=S. The average molecular weight is 262 g/mol. The molecule has 0 saturated carbocycles. The fourth-order valence-corrected chi connectivity index (χ4v) is 1.75. The Morgan fingerprint density at radius 3 is 2.89 bits per heavy atom. The van der Waals surface area contributed by atoms with Crippen LogP contribution in [-0.4, -0.2) is 10.9 Å². The Labute approximate surface area is 109 Å². The van der Waals surface area contributed by atoms with E-state index in [2.05, 4.69) is 10.3 Å². The number of aromatic amines is 1. The van der Waals surface area contributed by atoms with Crippen LogP contribution < -0.4 is 5.32 Å². The molecule has 1 heterocycles. The molecule has 0 bridgehead atoms. The van der Waals surface area contributed by atoms with Crippen LogP contribution in [0, 0.1) is 10.5 Å². The highest BCUT2D eigenvalue weighted by Gasteiger charge is 2.06. The molecule has 3 nitrogen and oxygen atoms in total. The van der Waals surface area contributed by atoms with Crippen molar-refractivity contribution >= 4 is 18.1 Å². The second kappa shape index (κ2) is 5.55. The van der Waals surface area contributed by atoms with Crippen molar-refractivity contribution in [2.24, 2.45) is 0 Å². The van der Waals surface area contributed by atoms with Crippen LogP contribution in [0.3, 0.4) is 0 Å². The van der Waals surface area contributed by atoms with Crippen LogP contribution in [0.2, 0.25) is 0 Å². The first-order valence-electron chi connectivity index (χ1n) is 5.37. The van der Waals surface area contributed by atoms with Gasteiger partial charge in [0, 0.05) is 12.7 Å². The maximum atomic E-state index is 12.9. The molecule has 1 aromatic heterocycles. The van der Waals surface area contributed by atoms with Crippen LogP contribution in [0.1, 0.15) is 15.9 Å². The van der Waals surface area contributed by atoms with E-state index in [1.807, 2.05) is 0 Å². The number of H-pyrrole nitrogens is 1. The zero-order valence-corrected chi connectivity index (χ0v) is 10.3. The minimum absolute atomic E-state index is 0.264. The number of hydrogen-bond donors (Lipinski definition) is 2. The summed E-state index contributed by atoms with van der Waals surface area (Å²) < 4.78 is 13.3. The van der Waals surface area contributed by atoms with E-state index in [4.69, 9.17) is 12.2 Å². The second-order valence-corrected chi connectivity index (χ2v) is 4.13. The molecule has 2 N–H and O–H groups in total. The quantitative estimate of drug-likeness (QED) is 0.835. The first-order valence-corrected chi connectivity index (χ1v) is 5.78. The summed E-state index contributed by atoms with van der Waals surface area (Å²) in [6, 6.07) is 9.43. The van der Waals surface area contributed by atoms with Crippen molar-refractivity contribution in [2.75, 3.05) is 0 Å². The minimum atomic E-state index is -0.321. The summed E-state index contributed by atoms with van der Waals surface area (Å²) in [6.07, 6.45) is 1.66. The average Bonchev–Trinajstić information content (AvgIpc) is 2.37. The van der Waals surface area contributed by atoms with E-state index >= 15 is 0 Å². The van der Waals surface area contributed by atoms with Gasteiger partial charge in [-0.25, -0.2) is 4.39 Å². The Bertz CT molecular complexity index is 624. The summed E-state index contributed by atoms with van der Waals surface area (Å²) in [5.74, 6) is -0.597. The fraction of sp³-hybridized carbons (Fsp3) is 0.0769. The topological polar surface area (TPSA) is 44.9 Å². The van der Waals surface area contributed by atoms with Crippen molar-refractivity contribution in [3.05, 3.63) is 64.2 Å². The Hall–Kier alpha value is -2.01. The van der Waals surface area contributed by atoms with Crippen molar-refractivity contribution in [3.8, 4) is 0 Å². The highest BCUT2D eigenvalue weighted by molar-refractivity contribution is 7.71. The fourth-order valence-electron chi connectivity index (χ4n) is 1.52. The van der Waals surface area contributed by atoms with Gasteiger partial charge in [0.15, 0.2) is 0 Å². The molecule has 0 atom stereocenters. The number of aromatic nitrogens is 1. The van der Waals surface area contributed by atoms with E-state index in [-0.39, 0.29) is 18.3 Å². The number of carbonyl (C=O) groups excluding carboxylic acids is 1. The number of halogens is 1. The molecule has 1 aromatic carbocycles. The molecule has 2 rings (SSSR count). The van der Waals surface area contributed by atoms with Crippen LogP contribution in [0.15, 0.2) is 42.6 Å². The first-order chi connectivity index (χ1) is 8.66. The molecule has 0 radical (unpaired) electrons. The van der Waals surface area contributed by atoms with Gasteiger partial charge in [-0.05, 0) is 29.8 Å². The lowest BCUT2D eigenvalue weighted by atomic mass is 10.2. The van der Waals surface area contributed by atoms with Gasteiger partial charge in [-0.2, -0.15) is 0 Å². The van der Waals surface area contributed by atoms with E-state index in [9.17, 15) is 9.18 Å². The van der Waals surface area contributed by atoms with Gasteiger partial charge in [0.1, 0.15) is 10.5 Å². The lowest BCUT2D eigenvalue weighted by molar-refractivity contribution is 0.0950. The highest BCUT2D eigenvalue weighted by Crippen LogP contribution is 2.04. The smallest absolute Gasteiger partial charge is 0.254 e. The van der Waals surface area contributed by atoms with Crippen LogP contribution >= 0.6 is 12.2 Å². The van der Waals surface area contributed by atoms with E-state index in [1.165, 1.54) is 12.1 Å². The number of benzene rings is 1. The third-order valence-electron chi connectivity index (χ3n) is 2.40. The number of amides is 1. The highest BCUT2D eigenvalue weighted by atomic mass is 32.1. The van der Waals surface area contributed by atoms with Gasteiger partial charge in [-0.3, -0.25) is 4.79 Å². The molecule has 0 fully saturated rings. The van der Waals surface area contributed by atoms with Crippen molar-refractivity contribution in [1.82, 2.24) is 10.3 Å².